The van der Waals surface area contributed by atoms with Crippen LogP contribution in [0.5, 0.6) is 0 Å². The van der Waals surface area contributed by atoms with E-state index in [-0.39, 0.29) is 23.8 Å². The van der Waals surface area contributed by atoms with E-state index in [1.165, 1.54) is 17.4 Å². The number of anilines is 1. The summed E-state index contributed by atoms with van der Waals surface area (Å²) in [6.07, 6.45) is 0.144. The normalized spacial score (nSPS) is 15.9. The number of furan rings is 1. The van der Waals surface area contributed by atoms with Gasteiger partial charge in [0, 0.05) is 36.9 Å². The summed E-state index contributed by atoms with van der Waals surface area (Å²) in [5.41, 5.74) is 7.45. The second-order valence-corrected chi connectivity index (χ2v) is 6.78. The van der Waals surface area contributed by atoms with E-state index < -0.39 is 19.6 Å². The van der Waals surface area contributed by atoms with Crippen molar-refractivity contribution in [2.75, 3.05) is 19.0 Å². The van der Waals surface area contributed by atoms with Gasteiger partial charge in [0.1, 0.15) is 16.4 Å². The van der Waals surface area contributed by atoms with Crippen molar-refractivity contribution >= 4 is 39.7 Å². The molecule has 3 rings (SSSR count). The van der Waals surface area contributed by atoms with Crippen molar-refractivity contribution < 1.29 is 16.0 Å². The first kappa shape index (κ1) is 13.2. The number of hydrogen-bond acceptors (Lipinski definition) is 6. The lowest BCUT2D eigenvalue weighted by Gasteiger charge is -2.08. The quantitative estimate of drug-likeness (QED) is 0.467. The smallest absolute Gasteiger partial charge is 0.177 e. The van der Waals surface area contributed by atoms with Crippen LogP contribution in [0.3, 0.4) is 0 Å². The van der Waals surface area contributed by atoms with Crippen LogP contribution in [0.4, 0.5) is 5.69 Å². The molecule has 3 aromatic heterocycles. The molecule has 0 fully saturated rings. The molecule has 136 valence electrons. The van der Waals surface area contributed by atoms with E-state index in [0.717, 1.165) is 0 Å². The van der Waals surface area contributed by atoms with Gasteiger partial charge in [0.05, 0.1) is 24.7 Å². The average molecular weight is 395 g/mol. The molecule has 3 aromatic rings. The first-order valence-corrected chi connectivity index (χ1v) is 9.02. The fourth-order valence-electron chi connectivity index (χ4n) is 2.45. The Balaban J connectivity index is 2.00. The number of hydrogen-bond donors (Lipinski definition) is 2. The fraction of sp³-hybridized carbons (Fsp3) is 0.316. The number of rotatable bonds is 7. The lowest BCUT2D eigenvalue weighted by atomic mass is 10.1. The van der Waals surface area contributed by atoms with Crippen molar-refractivity contribution in [3.05, 3.63) is 44.9 Å². The lowest BCUT2D eigenvalue weighted by Crippen LogP contribution is -2.28. The molecule has 0 aliphatic carbocycles. The summed E-state index contributed by atoms with van der Waals surface area (Å²) in [5.74, 6) is 6.11. The third kappa shape index (κ3) is 4.19. The molecule has 0 aromatic carbocycles. The molecule has 5 nitrogen and oxygen atoms in total. The number of aromatic nitrogens is 1. The Morgan fingerprint density at radius 3 is 3.23 bits per heavy atom. The number of nitrogens with two attached hydrogens (primary N) is 1. The van der Waals surface area contributed by atoms with Crippen LogP contribution in [0.15, 0.2) is 28.0 Å². The molecule has 0 saturated heterocycles. The molecular weight excluding hydrogens is 370 g/mol. The molecule has 0 radical (unpaired) electrons. The van der Waals surface area contributed by atoms with E-state index in [0.29, 0.717) is 27.4 Å². The number of ether oxygens (including phenoxy) is 1. The maximum Gasteiger partial charge on any atom is 0.177 e. The minimum atomic E-state index is -2.54. The van der Waals surface area contributed by atoms with Gasteiger partial charge in [-0.25, -0.2) is 4.98 Å². The van der Waals surface area contributed by atoms with Crippen LogP contribution in [0, 0.1) is 11.8 Å². The Morgan fingerprint density at radius 1 is 1.62 bits per heavy atom. The van der Waals surface area contributed by atoms with Gasteiger partial charge in [-0.3, -0.25) is 0 Å². The van der Waals surface area contributed by atoms with Crippen LogP contribution in [0.1, 0.15) is 30.0 Å². The van der Waals surface area contributed by atoms with E-state index >= 15 is 0 Å². The Morgan fingerprint density at radius 2 is 2.50 bits per heavy atom. The topological polar surface area (TPSA) is 73.3 Å². The highest BCUT2D eigenvalue weighted by Gasteiger charge is 2.20. The van der Waals surface area contributed by atoms with E-state index in [2.05, 4.69) is 22.1 Å². The van der Waals surface area contributed by atoms with Gasteiger partial charge in [-0.2, -0.15) is 0 Å². The van der Waals surface area contributed by atoms with Gasteiger partial charge in [-0.05, 0) is 18.4 Å². The van der Waals surface area contributed by atoms with Gasteiger partial charge in [0.15, 0.2) is 5.58 Å². The van der Waals surface area contributed by atoms with Gasteiger partial charge in [0.25, 0.3) is 0 Å². The molecule has 0 amide bonds. The van der Waals surface area contributed by atoms with Crippen LogP contribution in [-0.2, 0) is 17.7 Å². The average Bonchev–Trinajstić information content (AvgIpc) is 3.30. The molecule has 0 bridgehead atoms. The van der Waals surface area contributed by atoms with Gasteiger partial charge < -0.3 is 20.2 Å². The van der Waals surface area contributed by atoms with Crippen LogP contribution < -0.4 is 11.1 Å². The van der Waals surface area contributed by atoms with E-state index in [1.54, 1.807) is 24.4 Å². The van der Waals surface area contributed by atoms with Crippen molar-refractivity contribution in [2.45, 2.75) is 25.9 Å². The van der Waals surface area contributed by atoms with E-state index in [4.69, 9.17) is 33.3 Å². The maximum atomic E-state index is 8.38. The summed E-state index contributed by atoms with van der Waals surface area (Å²) >= 11 is 7.47. The lowest BCUT2D eigenvalue weighted by molar-refractivity contribution is 0.178. The van der Waals surface area contributed by atoms with Crippen molar-refractivity contribution in [1.82, 2.24) is 4.98 Å². The molecule has 0 saturated carbocycles. The summed E-state index contributed by atoms with van der Waals surface area (Å²) in [7, 11) is -2.54. The van der Waals surface area contributed by atoms with Gasteiger partial charge in [-0.15, -0.1) is 17.3 Å². The summed E-state index contributed by atoms with van der Waals surface area (Å²) in [4.78, 5) is 4.79. The van der Waals surface area contributed by atoms with Crippen LogP contribution in [0.2, 0.25) is 5.15 Å². The molecule has 3 heterocycles. The van der Waals surface area contributed by atoms with Crippen LogP contribution >= 0.6 is 22.9 Å². The molecule has 3 N–H and O–H groups in total. The third-order valence-electron chi connectivity index (χ3n) is 3.52. The molecule has 26 heavy (non-hydrogen) atoms. The number of pyridine rings is 1. The molecule has 1 atom stereocenters. The zero-order valence-electron chi connectivity index (χ0n) is 18.9. The number of methoxy groups -OCH3 is 1. The summed E-state index contributed by atoms with van der Waals surface area (Å²) in [5, 5.41) is 4.75. The monoisotopic (exact) mass is 394 g/mol. The minimum absolute atomic E-state index is 0.138. The second-order valence-electron chi connectivity index (χ2n) is 5.45. The SMILES string of the molecule is [2H]C([2H])([2H])OC[C@H](N)Cc1oc2c(NC([2H])([2H])c3cccs3)cc(Cl)nc2c1C#CC. The minimum Gasteiger partial charge on any atom is -0.456 e. The number of nitrogens with one attached hydrogen (secondary N) is 1. The number of fused-ring (bicyclic) bond motifs is 1. The third-order valence-corrected chi connectivity index (χ3v) is 4.50. The molecule has 0 spiro atoms. The van der Waals surface area contributed by atoms with Crippen LogP contribution in [-0.4, -0.2) is 24.7 Å². The maximum absolute atomic E-state index is 8.38. The predicted molar refractivity (Wildman–Crippen MR) is 107 cm³/mol. The van der Waals surface area contributed by atoms with Crippen molar-refractivity contribution in [3.8, 4) is 11.8 Å². The highest BCUT2D eigenvalue weighted by Crippen LogP contribution is 2.33. The largest absolute Gasteiger partial charge is 0.456 e. The Hall–Kier alpha value is -2.04. The zero-order chi connectivity index (χ0) is 22.8. The van der Waals surface area contributed by atoms with E-state index in [1.807, 2.05) is 0 Å². The first-order valence-electron chi connectivity index (χ1n) is 10.3. The highest BCUT2D eigenvalue weighted by atomic mass is 35.5. The molecular formula is C19H20ClN3O2S. The molecule has 0 aliphatic heterocycles. The van der Waals surface area contributed by atoms with Gasteiger partial charge >= 0.3 is 0 Å². The standard InChI is InChI=1S/C19H20ClN3O2S/c1-3-5-14-16(8-12(21)11-24-2)25-19-15(9-17(20)23-18(14)19)22-10-13-6-4-7-26-13/h4,6-7,9,12H,8,10-11,21H2,1-2H3,(H,22,23)/t12-/m1/s1/i2D3,10D2. The van der Waals surface area contributed by atoms with Crippen molar-refractivity contribution in [2.24, 2.45) is 5.73 Å². The summed E-state index contributed by atoms with van der Waals surface area (Å²) < 4.78 is 48.9. The Kier molecular flexibility index (Phi) is 4.34. The number of nitrogens with zero attached hydrogens (tertiary/aromatic N) is 1. The number of thiophene rings is 1. The van der Waals surface area contributed by atoms with Crippen molar-refractivity contribution in [3.63, 3.8) is 0 Å². The second kappa shape index (κ2) is 8.56. The number of halogens is 1. The first-order chi connectivity index (χ1) is 14.5. The van der Waals surface area contributed by atoms with Gasteiger partial charge in [0.2, 0.25) is 0 Å². The van der Waals surface area contributed by atoms with E-state index in [9.17, 15) is 0 Å². The summed E-state index contributed by atoms with van der Waals surface area (Å²) in [6, 6.07) is 4.26. The molecule has 7 heteroatoms. The van der Waals surface area contributed by atoms with Gasteiger partial charge in [-0.1, -0.05) is 23.6 Å². The Labute approximate surface area is 168 Å². The zero-order valence-corrected chi connectivity index (χ0v) is 15.5. The highest BCUT2D eigenvalue weighted by molar-refractivity contribution is 7.09. The molecule has 0 aliphatic rings. The van der Waals surface area contributed by atoms with Crippen LogP contribution in [0.25, 0.3) is 11.1 Å². The predicted octanol–water partition coefficient (Wildman–Crippen LogP) is 4.04. The molecule has 0 unspecified atom stereocenters. The van der Waals surface area contributed by atoms with Crippen molar-refractivity contribution in [1.29, 1.82) is 0 Å². The summed E-state index contributed by atoms with van der Waals surface area (Å²) in [6.45, 7) is -0.425. The fourth-order valence-corrected chi connectivity index (χ4v) is 3.22. The Bertz CT molecular complexity index is 1120.